The van der Waals surface area contributed by atoms with E-state index < -0.39 is 0 Å². The Kier molecular flexibility index (Phi) is 5.45. The van der Waals surface area contributed by atoms with Crippen LogP contribution in [0.15, 0.2) is 58.8 Å². The second-order valence-corrected chi connectivity index (χ2v) is 8.23. The number of hydrogen-bond donors (Lipinski definition) is 0. The van der Waals surface area contributed by atoms with E-state index in [-0.39, 0.29) is 17.2 Å². The van der Waals surface area contributed by atoms with E-state index in [2.05, 4.69) is 12.1 Å². The molecule has 0 aliphatic carbocycles. The van der Waals surface area contributed by atoms with Gasteiger partial charge in [-0.15, -0.1) is 11.3 Å². The summed E-state index contributed by atoms with van der Waals surface area (Å²) in [4.78, 5) is 39.2. The number of aryl methyl sites for hydroxylation is 2. The van der Waals surface area contributed by atoms with Crippen LogP contribution in [0.2, 0.25) is 0 Å². The summed E-state index contributed by atoms with van der Waals surface area (Å²) in [7, 11) is 0. The second-order valence-electron chi connectivity index (χ2n) is 7.32. The van der Waals surface area contributed by atoms with Gasteiger partial charge in [0.25, 0.3) is 11.5 Å². The number of nitrogens with zero attached hydrogens (tertiary/aromatic N) is 2. The van der Waals surface area contributed by atoms with E-state index in [1.54, 1.807) is 27.0 Å². The molecule has 2 aromatic heterocycles. The number of carbonyl (C=O) groups excluding carboxylic acids is 2. The molecule has 0 spiro atoms. The molecule has 6 heteroatoms. The SMILES string of the molecule is CC(=O)c1cc(C(=O)N2CCc3cc(=O)n(CCc4ccccc4)cc3C2)cs1. The molecular formula is C23H22N2O3S. The summed E-state index contributed by atoms with van der Waals surface area (Å²) >= 11 is 1.30. The lowest BCUT2D eigenvalue weighted by molar-refractivity contribution is 0.0734. The number of rotatable bonds is 5. The molecule has 3 heterocycles. The summed E-state index contributed by atoms with van der Waals surface area (Å²) in [6, 6.07) is 13.5. The number of carbonyl (C=O) groups is 2. The van der Waals surface area contributed by atoms with Gasteiger partial charge in [-0.05, 0) is 42.5 Å². The fourth-order valence-corrected chi connectivity index (χ4v) is 4.42. The Morgan fingerprint density at radius 2 is 1.90 bits per heavy atom. The third kappa shape index (κ3) is 4.22. The Labute approximate surface area is 173 Å². The average Bonchev–Trinajstić information content (AvgIpc) is 3.23. The summed E-state index contributed by atoms with van der Waals surface area (Å²) < 4.78 is 1.73. The van der Waals surface area contributed by atoms with Crippen LogP contribution < -0.4 is 5.56 Å². The van der Waals surface area contributed by atoms with Crippen LogP contribution in [0.1, 0.15) is 43.6 Å². The lowest BCUT2D eigenvalue weighted by Crippen LogP contribution is -2.37. The van der Waals surface area contributed by atoms with Crippen molar-refractivity contribution >= 4 is 23.0 Å². The van der Waals surface area contributed by atoms with Gasteiger partial charge in [0.1, 0.15) is 0 Å². The van der Waals surface area contributed by atoms with E-state index in [4.69, 9.17) is 0 Å². The molecule has 0 fully saturated rings. The van der Waals surface area contributed by atoms with Crippen LogP contribution in [0.5, 0.6) is 0 Å². The van der Waals surface area contributed by atoms with Crippen molar-refractivity contribution < 1.29 is 9.59 Å². The number of aromatic nitrogens is 1. The van der Waals surface area contributed by atoms with Crippen LogP contribution in [0, 0.1) is 0 Å². The first kappa shape index (κ1) is 19.3. The molecule has 29 heavy (non-hydrogen) atoms. The quantitative estimate of drug-likeness (QED) is 0.609. The van der Waals surface area contributed by atoms with Crippen LogP contribution in [0.4, 0.5) is 0 Å². The number of pyridine rings is 1. The van der Waals surface area contributed by atoms with E-state index in [0.717, 1.165) is 17.5 Å². The molecule has 0 N–H and O–H groups in total. The molecule has 1 aliphatic heterocycles. The Morgan fingerprint density at radius 1 is 1.10 bits per heavy atom. The van der Waals surface area contributed by atoms with Gasteiger partial charge in [0.2, 0.25) is 0 Å². The number of thiophene rings is 1. The van der Waals surface area contributed by atoms with Gasteiger partial charge in [0, 0.05) is 37.3 Å². The summed E-state index contributed by atoms with van der Waals surface area (Å²) in [5, 5.41) is 1.75. The smallest absolute Gasteiger partial charge is 0.255 e. The number of Topliss-reactive ketones (excluding diaryl/α,β-unsaturated/α-hetero) is 1. The fraction of sp³-hybridized carbons (Fsp3) is 0.261. The Hall–Kier alpha value is -2.99. The van der Waals surface area contributed by atoms with Crippen molar-refractivity contribution in [1.82, 2.24) is 9.47 Å². The maximum Gasteiger partial charge on any atom is 0.255 e. The number of fused-ring (bicyclic) bond motifs is 1. The molecule has 0 atom stereocenters. The van der Waals surface area contributed by atoms with E-state index in [1.165, 1.54) is 23.8 Å². The first-order valence-corrected chi connectivity index (χ1v) is 10.5. The van der Waals surface area contributed by atoms with E-state index in [1.807, 2.05) is 24.4 Å². The van der Waals surface area contributed by atoms with Crippen molar-refractivity contribution in [2.24, 2.45) is 0 Å². The molecule has 3 aromatic rings. The molecule has 1 amide bonds. The average molecular weight is 407 g/mol. The molecule has 4 rings (SSSR count). The van der Waals surface area contributed by atoms with E-state index in [9.17, 15) is 14.4 Å². The first-order valence-electron chi connectivity index (χ1n) is 9.66. The highest BCUT2D eigenvalue weighted by molar-refractivity contribution is 7.12. The highest BCUT2D eigenvalue weighted by Gasteiger charge is 2.24. The summed E-state index contributed by atoms with van der Waals surface area (Å²) in [5.41, 5.74) is 3.78. The number of amides is 1. The molecular weight excluding hydrogens is 384 g/mol. The number of benzene rings is 1. The van der Waals surface area contributed by atoms with E-state index >= 15 is 0 Å². The van der Waals surface area contributed by atoms with Crippen LogP contribution in [0.25, 0.3) is 0 Å². The van der Waals surface area contributed by atoms with Crippen LogP contribution in [-0.4, -0.2) is 27.7 Å². The van der Waals surface area contributed by atoms with Crippen LogP contribution in [-0.2, 0) is 25.9 Å². The standard InChI is InChI=1S/C23H22N2O3S/c1-16(26)21-11-19(15-29-21)23(28)25-10-8-18-12-22(27)24(13-20(18)14-25)9-7-17-5-3-2-4-6-17/h2-6,11-13,15H,7-10,14H2,1H3. The van der Waals surface area contributed by atoms with Gasteiger partial charge in [-0.2, -0.15) is 0 Å². The van der Waals surface area contributed by atoms with Crippen molar-refractivity contribution in [2.75, 3.05) is 6.54 Å². The van der Waals surface area contributed by atoms with Crippen molar-refractivity contribution in [3.8, 4) is 0 Å². The molecule has 0 unspecified atom stereocenters. The molecule has 0 bridgehead atoms. The lowest BCUT2D eigenvalue weighted by atomic mass is 10.0. The van der Waals surface area contributed by atoms with Gasteiger partial charge in [0.05, 0.1) is 10.4 Å². The highest BCUT2D eigenvalue weighted by atomic mass is 32.1. The zero-order valence-electron chi connectivity index (χ0n) is 16.3. The van der Waals surface area contributed by atoms with Crippen LogP contribution >= 0.6 is 11.3 Å². The monoisotopic (exact) mass is 406 g/mol. The zero-order valence-corrected chi connectivity index (χ0v) is 17.1. The Bertz CT molecular complexity index is 1110. The molecule has 0 radical (unpaired) electrons. The molecule has 1 aromatic carbocycles. The minimum Gasteiger partial charge on any atom is -0.334 e. The predicted octanol–water partition coefficient (Wildman–Crippen LogP) is 3.55. The third-order valence-electron chi connectivity index (χ3n) is 5.28. The Morgan fingerprint density at radius 3 is 2.62 bits per heavy atom. The van der Waals surface area contributed by atoms with Crippen molar-refractivity contribution in [3.05, 3.63) is 91.5 Å². The minimum atomic E-state index is -0.0681. The molecule has 1 aliphatic rings. The topological polar surface area (TPSA) is 59.4 Å². The molecule has 148 valence electrons. The zero-order chi connectivity index (χ0) is 20.4. The summed E-state index contributed by atoms with van der Waals surface area (Å²) in [5.74, 6) is -0.0955. The molecule has 0 saturated heterocycles. The van der Waals surface area contributed by atoms with Crippen molar-refractivity contribution in [2.45, 2.75) is 32.9 Å². The van der Waals surface area contributed by atoms with Gasteiger partial charge < -0.3 is 9.47 Å². The van der Waals surface area contributed by atoms with Gasteiger partial charge >= 0.3 is 0 Å². The van der Waals surface area contributed by atoms with Gasteiger partial charge in [-0.25, -0.2) is 0 Å². The van der Waals surface area contributed by atoms with Crippen molar-refractivity contribution in [3.63, 3.8) is 0 Å². The maximum absolute atomic E-state index is 12.9. The van der Waals surface area contributed by atoms with Gasteiger partial charge in [0.15, 0.2) is 5.78 Å². The predicted molar refractivity (Wildman–Crippen MR) is 114 cm³/mol. The summed E-state index contributed by atoms with van der Waals surface area (Å²) in [6.45, 7) is 3.16. The third-order valence-corrected chi connectivity index (χ3v) is 6.31. The molecule has 0 saturated carbocycles. The number of ketones is 1. The van der Waals surface area contributed by atoms with Gasteiger partial charge in [-0.3, -0.25) is 14.4 Å². The minimum absolute atomic E-state index is 0.00314. The maximum atomic E-state index is 12.9. The Balaban J connectivity index is 1.51. The normalized spacial score (nSPS) is 13.2. The molecule has 5 nitrogen and oxygen atoms in total. The first-order chi connectivity index (χ1) is 14.0. The summed E-state index contributed by atoms with van der Waals surface area (Å²) in [6.07, 6.45) is 3.35. The number of hydrogen-bond acceptors (Lipinski definition) is 4. The fourth-order valence-electron chi connectivity index (χ4n) is 3.63. The van der Waals surface area contributed by atoms with Crippen LogP contribution in [0.3, 0.4) is 0 Å². The van der Waals surface area contributed by atoms with Crippen molar-refractivity contribution in [1.29, 1.82) is 0 Å². The van der Waals surface area contributed by atoms with Gasteiger partial charge in [-0.1, -0.05) is 30.3 Å². The van der Waals surface area contributed by atoms with E-state index in [0.29, 0.717) is 36.5 Å². The highest BCUT2D eigenvalue weighted by Crippen LogP contribution is 2.22. The second kappa shape index (κ2) is 8.17. The largest absolute Gasteiger partial charge is 0.334 e. The lowest BCUT2D eigenvalue weighted by Gasteiger charge is -2.29.